The second-order valence-corrected chi connectivity index (χ2v) is 12.4. The lowest BCUT2D eigenvalue weighted by atomic mass is 10.1. The van der Waals surface area contributed by atoms with Crippen LogP contribution in [0.25, 0.3) is 6.08 Å². The van der Waals surface area contributed by atoms with Crippen LogP contribution in [0.2, 0.25) is 10.0 Å². The molecule has 0 saturated heterocycles. The monoisotopic (exact) mass is 679 g/mol. The van der Waals surface area contributed by atoms with Gasteiger partial charge in [-0.3, -0.25) is 19.3 Å². The van der Waals surface area contributed by atoms with Crippen LogP contribution in [0, 0.1) is 0 Å². The zero-order chi connectivity index (χ0) is 33.2. The van der Waals surface area contributed by atoms with Crippen LogP contribution in [0.5, 0.6) is 0 Å². The average molecular weight is 681 g/mol. The normalized spacial score (nSPS) is 11.8. The first kappa shape index (κ1) is 33.5. The number of nitrogens with one attached hydrogen (secondary N) is 2. The number of para-hydroxylation sites is 2. The van der Waals surface area contributed by atoms with Crippen molar-refractivity contribution in [3.63, 3.8) is 0 Å². The second-order valence-electron chi connectivity index (χ2n) is 10.4. The van der Waals surface area contributed by atoms with Crippen LogP contribution in [0.1, 0.15) is 29.3 Å². The Morgan fingerprint density at radius 2 is 1.36 bits per heavy atom. The summed E-state index contributed by atoms with van der Waals surface area (Å²) in [4.78, 5) is 43.3. The molecular weight excluding hydrogens is 649 g/mol. The van der Waals surface area contributed by atoms with Crippen molar-refractivity contribution in [2.24, 2.45) is 0 Å². The largest absolute Gasteiger partial charge is 0.321 e. The van der Waals surface area contributed by atoms with Gasteiger partial charge in [0.05, 0.1) is 15.3 Å². The molecule has 6 nitrogen and oxygen atoms in total. The molecule has 0 bridgehead atoms. The number of carbonyl (C=O) groups excluding carboxylic acids is 3. The number of rotatable bonds is 11. The Morgan fingerprint density at radius 3 is 1.98 bits per heavy atom. The van der Waals surface area contributed by atoms with Gasteiger partial charge in [-0.25, -0.2) is 0 Å². The van der Waals surface area contributed by atoms with Gasteiger partial charge in [-0.15, -0.1) is 11.8 Å². The summed E-state index contributed by atoms with van der Waals surface area (Å²) in [7, 11) is 0. The third kappa shape index (κ3) is 8.71. The molecule has 47 heavy (non-hydrogen) atoms. The highest BCUT2D eigenvalue weighted by molar-refractivity contribution is 8.00. The number of thioether (sulfide) groups is 1. The fourth-order valence-corrected chi connectivity index (χ4v) is 6.17. The van der Waals surface area contributed by atoms with Crippen molar-refractivity contribution in [3.8, 4) is 0 Å². The molecule has 0 aliphatic rings. The van der Waals surface area contributed by atoms with Crippen molar-refractivity contribution in [3.05, 3.63) is 160 Å². The van der Waals surface area contributed by atoms with Crippen LogP contribution < -0.4 is 15.5 Å². The third-order valence-corrected chi connectivity index (χ3v) is 9.25. The lowest BCUT2D eigenvalue weighted by molar-refractivity contribution is -0.117. The maximum absolute atomic E-state index is 14.0. The maximum Gasteiger partial charge on any atom is 0.272 e. The Kier molecular flexibility index (Phi) is 11.5. The molecule has 0 aliphatic carbocycles. The summed E-state index contributed by atoms with van der Waals surface area (Å²) in [5.41, 5.74) is 2.87. The molecule has 3 amide bonds. The molecule has 1 atom stereocenters. The van der Waals surface area contributed by atoms with Crippen molar-refractivity contribution >= 4 is 75.8 Å². The van der Waals surface area contributed by atoms with Crippen molar-refractivity contribution in [1.29, 1.82) is 0 Å². The molecule has 0 aliphatic heterocycles. The van der Waals surface area contributed by atoms with E-state index in [2.05, 4.69) is 10.6 Å². The minimum absolute atomic E-state index is 0.0240. The third-order valence-electron chi connectivity index (χ3n) is 7.08. The highest BCUT2D eigenvalue weighted by Crippen LogP contribution is 2.34. The summed E-state index contributed by atoms with van der Waals surface area (Å²) >= 11 is 14.0. The van der Waals surface area contributed by atoms with E-state index < -0.39 is 17.1 Å². The van der Waals surface area contributed by atoms with Crippen LogP contribution >= 0.6 is 35.0 Å². The Balaban J connectivity index is 1.38. The number of carbonyl (C=O) groups is 3. The van der Waals surface area contributed by atoms with Crippen molar-refractivity contribution in [2.45, 2.75) is 23.5 Å². The van der Waals surface area contributed by atoms with Crippen LogP contribution in [0.15, 0.2) is 144 Å². The highest BCUT2D eigenvalue weighted by Gasteiger charge is 2.27. The number of halogens is 2. The van der Waals surface area contributed by atoms with Gasteiger partial charge in [-0.1, -0.05) is 103 Å². The SMILES string of the molecule is CCC(Sc1cccc(NC(=O)/C(=C\c2cccc(Cl)c2Cl)NC(=O)c2ccccc2)c1)C(=O)N(c1ccccc1)c1ccccc1. The van der Waals surface area contributed by atoms with Gasteiger partial charge in [0, 0.05) is 27.5 Å². The molecule has 5 aromatic carbocycles. The van der Waals surface area contributed by atoms with E-state index >= 15 is 0 Å². The van der Waals surface area contributed by atoms with E-state index in [-0.39, 0.29) is 16.6 Å². The number of hydrogen-bond donors (Lipinski definition) is 2. The number of nitrogens with zero attached hydrogens (tertiary/aromatic N) is 1. The molecule has 2 N–H and O–H groups in total. The Hall–Kier alpha value is -4.82. The number of amides is 3. The second kappa shape index (κ2) is 16.1. The Morgan fingerprint density at radius 1 is 0.766 bits per heavy atom. The Labute approximate surface area is 288 Å². The van der Waals surface area contributed by atoms with Gasteiger partial charge < -0.3 is 10.6 Å². The Bertz CT molecular complexity index is 1850. The molecule has 0 spiro atoms. The molecular formula is C38H31Cl2N3O3S. The molecule has 1 unspecified atom stereocenters. The van der Waals surface area contributed by atoms with Gasteiger partial charge in [0.1, 0.15) is 5.70 Å². The van der Waals surface area contributed by atoms with E-state index in [1.54, 1.807) is 71.6 Å². The standard InChI is InChI=1S/C38H31Cl2N3O3S/c1-2-34(38(46)43(29-18-8-4-9-19-29)30-20-10-5-11-21-30)47-31-22-13-17-28(25-31)41-37(45)33(24-27-16-12-23-32(39)35(27)40)42-36(44)26-14-6-3-7-15-26/h3-25,34H,2H2,1H3,(H,41,45)(H,42,44)/b33-24+. The summed E-state index contributed by atoms with van der Waals surface area (Å²) in [5, 5.41) is 5.76. The lowest BCUT2D eigenvalue weighted by Crippen LogP contribution is -2.34. The molecule has 5 aromatic rings. The fraction of sp³-hybridized carbons (Fsp3) is 0.0789. The predicted molar refractivity (Wildman–Crippen MR) is 193 cm³/mol. The van der Waals surface area contributed by atoms with E-state index in [0.29, 0.717) is 28.3 Å². The highest BCUT2D eigenvalue weighted by atomic mass is 35.5. The maximum atomic E-state index is 14.0. The first-order valence-corrected chi connectivity index (χ1v) is 16.5. The van der Waals surface area contributed by atoms with Gasteiger partial charge in [0.2, 0.25) is 5.91 Å². The molecule has 0 fully saturated rings. The van der Waals surface area contributed by atoms with Gasteiger partial charge in [-0.2, -0.15) is 0 Å². The molecule has 0 aromatic heterocycles. The van der Waals surface area contributed by atoms with Crippen molar-refractivity contribution in [1.82, 2.24) is 5.32 Å². The summed E-state index contributed by atoms with van der Waals surface area (Å²) < 4.78 is 0. The summed E-state index contributed by atoms with van der Waals surface area (Å²) in [6.07, 6.45) is 2.06. The van der Waals surface area contributed by atoms with E-state index in [4.69, 9.17) is 23.2 Å². The first-order chi connectivity index (χ1) is 22.8. The molecule has 0 saturated carbocycles. The molecule has 0 radical (unpaired) electrons. The van der Waals surface area contributed by atoms with Crippen LogP contribution in [-0.4, -0.2) is 23.0 Å². The fourth-order valence-electron chi connectivity index (χ4n) is 4.75. The molecule has 5 rings (SSSR count). The molecule has 0 heterocycles. The quantitative estimate of drug-likeness (QED) is 0.108. The minimum Gasteiger partial charge on any atom is -0.321 e. The lowest BCUT2D eigenvalue weighted by Gasteiger charge is -2.27. The van der Waals surface area contributed by atoms with Crippen LogP contribution in [0.3, 0.4) is 0 Å². The first-order valence-electron chi connectivity index (χ1n) is 14.9. The van der Waals surface area contributed by atoms with Crippen molar-refractivity contribution in [2.75, 3.05) is 10.2 Å². The zero-order valence-corrected chi connectivity index (χ0v) is 27.7. The van der Waals surface area contributed by atoms with Gasteiger partial charge in [0.15, 0.2) is 0 Å². The van der Waals surface area contributed by atoms with Crippen LogP contribution in [-0.2, 0) is 9.59 Å². The van der Waals surface area contributed by atoms with Gasteiger partial charge in [-0.05, 0) is 78.7 Å². The van der Waals surface area contributed by atoms with Crippen molar-refractivity contribution < 1.29 is 14.4 Å². The zero-order valence-electron chi connectivity index (χ0n) is 25.4. The molecule has 9 heteroatoms. The van der Waals surface area contributed by atoms with E-state index in [9.17, 15) is 14.4 Å². The number of benzene rings is 5. The summed E-state index contributed by atoms with van der Waals surface area (Å²) in [6, 6.07) is 40.0. The van der Waals surface area contributed by atoms with Gasteiger partial charge >= 0.3 is 0 Å². The summed E-state index contributed by atoms with van der Waals surface area (Å²) in [5.74, 6) is -1.08. The number of anilines is 3. The molecule has 236 valence electrons. The van der Waals surface area contributed by atoms with Gasteiger partial charge in [0.25, 0.3) is 11.8 Å². The smallest absolute Gasteiger partial charge is 0.272 e. The van der Waals surface area contributed by atoms with E-state index in [1.807, 2.05) is 73.7 Å². The topological polar surface area (TPSA) is 78.5 Å². The van der Waals surface area contributed by atoms with Crippen LogP contribution in [0.4, 0.5) is 17.1 Å². The van der Waals surface area contributed by atoms with E-state index in [0.717, 1.165) is 16.3 Å². The van der Waals surface area contributed by atoms with E-state index in [1.165, 1.54) is 17.8 Å². The predicted octanol–water partition coefficient (Wildman–Crippen LogP) is 9.64. The number of hydrogen-bond acceptors (Lipinski definition) is 4. The minimum atomic E-state index is -0.560. The summed E-state index contributed by atoms with van der Waals surface area (Å²) in [6.45, 7) is 1.98. The average Bonchev–Trinajstić information content (AvgIpc) is 3.10.